The Morgan fingerprint density at radius 3 is 2.82 bits per heavy atom. The van der Waals surface area contributed by atoms with E-state index in [0.717, 1.165) is 25.2 Å². The molecular formula is C14H16N2O. The molecule has 3 nitrogen and oxygen atoms in total. The first kappa shape index (κ1) is 11.8. The fourth-order valence-electron chi connectivity index (χ4n) is 2.24. The lowest BCUT2D eigenvalue weighted by Crippen LogP contribution is -2.22. The van der Waals surface area contributed by atoms with Gasteiger partial charge in [0.2, 0.25) is 0 Å². The number of rotatable bonds is 3. The molecule has 0 saturated heterocycles. The molecule has 17 heavy (non-hydrogen) atoms. The molecule has 3 heteroatoms. The minimum Gasteiger partial charge on any atom is -0.295 e. The van der Waals surface area contributed by atoms with Crippen molar-refractivity contribution in [3.63, 3.8) is 0 Å². The summed E-state index contributed by atoms with van der Waals surface area (Å²) in [5.74, 6) is 0.160. The average molecular weight is 228 g/mol. The molecule has 0 N–H and O–H groups in total. The van der Waals surface area contributed by atoms with E-state index in [2.05, 4.69) is 11.0 Å². The lowest BCUT2D eigenvalue weighted by molar-refractivity contribution is 0.101. The molecule has 0 saturated carbocycles. The van der Waals surface area contributed by atoms with Crippen LogP contribution in [0.1, 0.15) is 35.3 Å². The van der Waals surface area contributed by atoms with E-state index >= 15 is 0 Å². The van der Waals surface area contributed by atoms with Gasteiger partial charge in [-0.2, -0.15) is 5.26 Å². The van der Waals surface area contributed by atoms with Crippen LogP contribution in [-0.4, -0.2) is 17.2 Å². The summed E-state index contributed by atoms with van der Waals surface area (Å²) in [5, 5.41) is 8.81. The SMILES string of the molecule is CC(=O)c1ccc2c(c1)CN(CC(C)C#N)C2. The predicted molar refractivity (Wildman–Crippen MR) is 65.3 cm³/mol. The monoisotopic (exact) mass is 228 g/mol. The number of hydrogen-bond acceptors (Lipinski definition) is 3. The van der Waals surface area contributed by atoms with Gasteiger partial charge in [0.05, 0.1) is 12.0 Å². The van der Waals surface area contributed by atoms with Crippen LogP contribution in [0.3, 0.4) is 0 Å². The van der Waals surface area contributed by atoms with Gasteiger partial charge in [-0.3, -0.25) is 9.69 Å². The molecule has 1 aromatic carbocycles. The Labute approximate surface area is 102 Å². The maximum atomic E-state index is 11.3. The molecule has 1 aromatic rings. The Hall–Kier alpha value is -1.66. The summed E-state index contributed by atoms with van der Waals surface area (Å²) in [6.07, 6.45) is 0. The highest BCUT2D eigenvalue weighted by atomic mass is 16.1. The molecule has 88 valence electrons. The molecule has 0 aliphatic carbocycles. The topological polar surface area (TPSA) is 44.1 Å². The minimum atomic E-state index is 0.0524. The van der Waals surface area contributed by atoms with E-state index in [1.165, 1.54) is 11.1 Å². The lowest BCUT2D eigenvalue weighted by Gasteiger charge is -2.15. The summed E-state index contributed by atoms with van der Waals surface area (Å²) in [6.45, 7) is 6.05. The van der Waals surface area contributed by atoms with Crippen LogP contribution >= 0.6 is 0 Å². The van der Waals surface area contributed by atoms with Crippen molar-refractivity contribution in [1.29, 1.82) is 5.26 Å². The van der Waals surface area contributed by atoms with Crippen LogP contribution < -0.4 is 0 Å². The number of fused-ring (bicyclic) bond motifs is 1. The largest absolute Gasteiger partial charge is 0.295 e. The molecule has 1 unspecified atom stereocenters. The van der Waals surface area contributed by atoms with Crippen LogP contribution in [0.15, 0.2) is 18.2 Å². The first-order chi connectivity index (χ1) is 8.10. The first-order valence-electron chi connectivity index (χ1n) is 5.85. The van der Waals surface area contributed by atoms with Crippen LogP contribution in [0.2, 0.25) is 0 Å². The zero-order valence-corrected chi connectivity index (χ0v) is 10.2. The zero-order chi connectivity index (χ0) is 12.4. The Kier molecular flexibility index (Phi) is 3.26. The summed E-state index contributed by atoms with van der Waals surface area (Å²) in [4.78, 5) is 13.5. The van der Waals surface area contributed by atoms with E-state index in [4.69, 9.17) is 5.26 Å². The zero-order valence-electron chi connectivity index (χ0n) is 10.2. The first-order valence-corrected chi connectivity index (χ1v) is 5.85. The number of benzene rings is 1. The Morgan fingerprint density at radius 2 is 2.18 bits per heavy atom. The van der Waals surface area contributed by atoms with Gasteiger partial charge in [-0.15, -0.1) is 0 Å². The quantitative estimate of drug-likeness (QED) is 0.746. The van der Waals surface area contributed by atoms with Gasteiger partial charge in [0.1, 0.15) is 0 Å². The van der Waals surface area contributed by atoms with Gasteiger partial charge in [0, 0.05) is 25.2 Å². The van der Waals surface area contributed by atoms with Gasteiger partial charge in [-0.25, -0.2) is 0 Å². The maximum absolute atomic E-state index is 11.3. The molecule has 0 spiro atoms. The highest BCUT2D eigenvalue weighted by molar-refractivity contribution is 5.94. The van der Waals surface area contributed by atoms with Crippen molar-refractivity contribution in [3.8, 4) is 6.07 Å². The minimum absolute atomic E-state index is 0.0524. The molecule has 0 radical (unpaired) electrons. The standard InChI is InChI=1S/C14H16N2O/c1-10(6-15)7-16-8-13-4-3-12(11(2)17)5-14(13)9-16/h3-5,10H,7-9H2,1-2H3. The highest BCUT2D eigenvalue weighted by Crippen LogP contribution is 2.24. The summed E-state index contributed by atoms with van der Waals surface area (Å²) in [7, 11) is 0. The number of hydrogen-bond donors (Lipinski definition) is 0. The van der Waals surface area contributed by atoms with E-state index in [-0.39, 0.29) is 11.7 Å². The van der Waals surface area contributed by atoms with Crippen LogP contribution in [0.4, 0.5) is 0 Å². The lowest BCUT2D eigenvalue weighted by atomic mass is 10.0. The number of Topliss-reactive ketones (excluding diaryl/α,β-unsaturated/α-hetero) is 1. The highest BCUT2D eigenvalue weighted by Gasteiger charge is 2.20. The van der Waals surface area contributed by atoms with E-state index in [0.29, 0.717) is 0 Å². The number of nitriles is 1. The van der Waals surface area contributed by atoms with E-state index in [1.54, 1.807) is 6.92 Å². The predicted octanol–water partition coefficient (Wildman–Crippen LogP) is 2.36. The van der Waals surface area contributed by atoms with Crippen molar-refractivity contribution >= 4 is 5.78 Å². The molecule has 0 bridgehead atoms. The van der Waals surface area contributed by atoms with Crippen LogP contribution in [0.25, 0.3) is 0 Å². The second-order valence-electron chi connectivity index (χ2n) is 4.74. The van der Waals surface area contributed by atoms with Crippen LogP contribution in [-0.2, 0) is 13.1 Å². The Balaban J connectivity index is 2.12. The third-order valence-corrected chi connectivity index (χ3v) is 3.15. The maximum Gasteiger partial charge on any atom is 0.159 e. The normalized spacial score (nSPS) is 16.3. The fourth-order valence-corrected chi connectivity index (χ4v) is 2.24. The number of nitrogens with zero attached hydrogens (tertiary/aromatic N) is 2. The summed E-state index contributed by atoms with van der Waals surface area (Å²) >= 11 is 0. The van der Waals surface area contributed by atoms with E-state index in [1.807, 2.05) is 25.1 Å². The van der Waals surface area contributed by atoms with Crippen molar-refractivity contribution < 1.29 is 4.79 Å². The number of carbonyl (C=O) groups is 1. The third kappa shape index (κ3) is 2.54. The molecule has 1 atom stereocenters. The number of carbonyl (C=O) groups excluding carboxylic acids is 1. The second kappa shape index (κ2) is 4.68. The van der Waals surface area contributed by atoms with E-state index in [9.17, 15) is 4.79 Å². The van der Waals surface area contributed by atoms with Gasteiger partial charge in [0.25, 0.3) is 0 Å². The van der Waals surface area contributed by atoms with Crippen molar-refractivity contribution in [3.05, 3.63) is 34.9 Å². The molecule has 0 fully saturated rings. The smallest absolute Gasteiger partial charge is 0.159 e. The summed E-state index contributed by atoms with van der Waals surface area (Å²) < 4.78 is 0. The van der Waals surface area contributed by atoms with Gasteiger partial charge >= 0.3 is 0 Å². The van der Waals surface area contributed by atoms with Crippen LogP contribution in [0.5, 0.6) is 0 Å². The van der Waals surface area contributed by atoms with E-state index < -0.39 is 0 Å². The Morgan fingerprint density at radius 1 is 1.47 bits per heavy atom. The average Bonchev–Trinajstić information content (AvgIpc) is 2.69. The molecule has 1 aliphatic heterocycles. The van der Waals surface area contributed by atoms with Crippen molar-refractivity contribution in [2.24, 2.45) is 5.92 Å². The van der Waals surface area contributed by atoms with Crippen molar-refractivity contribution in [1.82, 2.24) is 4.90 Å². The summed E-state index contributed by atoms with van der Waals surface area (Å²) in [6, 6.07) is 8.15. The molecule has 0 amide bonds. The van der Waals surface area contributed by atoms with Gasteiger partial charge in [0.15, 0.2) is 5.78 Å². The Bertz CT molecular complexity index is 487. The second-order valence-corrected chi connectivity index (χ2v) is 4.74. The van der Waals surface area contributed by atoms with Gasteiger partial charge in [-0.05, 0) is 31.0 Å². The summed E-state index contributed by atoms with van der Waals surface area (Å²) in [5.41, 5.74) is 3.28. The van der Waals surface area contributed by atoms with Crippen molar-refractivity contribution in [2.45, 2.75) is 26.9 Å². The molecular weight excluding hydrogens is 212 g/mol. The molecule has 0 aromatic heterocycles. The van der Waals surface area contributed by atoms with Gasteiger partial charge < -0.3 is 0 Å². The molecule has 2 rings (SSSR count). The van der Waals surface area contributed by atoms with Crippen LogP contribution in [0, 0.1) is 17.2 Å². The molecule has 1 heterocycles. The molecule has 1 aliphatic rings. The van der Waals surface area contributed by atoms with Gasteiger partial charge in [-0.1, -0.05) is 12.1 Å². The third-order valence-electron chi connectivity index (χ3n) is 3.15. The van der Waals surface area contributed by atoms with Crippen molar-refractivity contribution in [2.75, 3.05) is 6.54 Å². The fraction of sp³-hybridized carbons (Fsp3) is 0.429. The number of ketones is 1.